The molecular formula is C15H15BrN2O2. The van der Waals surface area contributed by atoms with E-state index in [0.29, 0.717) is 23.7 Å². The molecule has 1 aromatic heterocycles. The summed E-state index contributed by atoms with van der Waals surface area (Å²) in [6.45, 7) is 2.67. The van der Waals surface area contributed by atoms with Crippen LogP contribution in [0.3, 0.4) is 0 Å². The summed E-state index contributed by atoms with van der Waals surface area (Å²) in [4.78, 5) is 16.2. The Morgan fingerprint density at radius 2 is 2.20 bits per heavy atom. The first-order valence-electron chi connectivity index (χ1n) is 6.35. The summed E-state index contributed by atoms with van der Waals surface area (Å²) in [5, 5.41) is 2.75. The van der Waals surface area contributed by atoms with Crippen LogP contribution >= 0.6 is 15.9 Å². The van der Waals surface area contributed by atoms with Gasteiger partial charge in [0.25, 0.3) is 5.91 Å². The third-order valence-electron chi connectivity index (χ3n) is 2.53. The average molecular weight is 335 g/mol. The second-order valence-corrected chi connectivity index (χ2v) is 5.11. The van der Waals surface area contributed by atoms with Crippen LogP contribution < -0.4 is 10.1 Å². The normalized spacial score (nSPS) is 10.1. The molecule has 0 saturated heterocycles. The van der Waals surface area contributed by atoms with E-state index >= 15 is 0 Å². The minimum atomic E-state index is -0.211. The SMILES string of the molecule is CCCOc1cccc(C(=O)Nc2cc(Br)ccn2)c1. The Kier molecular flexibility index (Phi) is 5.12. The first-order chi connectivity index (χ1) is 9.69. The van der Waals surface area contributed by atoms with Crippen LogP contribution in [0, 0.1) is 0 Å². The van der Waals surface area contributed by atoms with Crippen molar-refractivity contribution in [2.24, 2.45) is 0 Å². The van der Waals surface area contributed by atoms with Crippen LogP contribution in [0.25, 0.3) is 0 Å². The highest BCUT2D eigenvalue weighted by atomic mass is 79.9. The molecule has 1 N–H and O–H groups in total. The number of hydrogen-bond donors (Lipinski definition) is 1. The average Bonchev–Trinajstić information content (AvgIpc) is 2.45. The smallest absolute Gasteiger partial charge is 0.256 e. The number of halogens is 1. The van der Waals surface area contributed by atoms with Gasteiger partial charge in [-0.15, -0.1) is 0 Å². The van der Waals surface area contributed by atoms with Crippen LogP contribution in [0.4, 0.5) is 5.82 Å². The molecule has 0 saturated carbocycles. The fourth-order valence-corrected chi connectivity index (χ4v) is 1.94. The number of anilines is 1. The summed E-state index contributed by atoms with van der Waals surface area (Å²) in [7, 11) is 0. The lowest BCUT2D eigenvalue weighted by Crippen LogP contribution is -2.13. The van der Waals surface area contributed by atoms with Gasteiger partial charge in [0.15, 0.2) is 0 Å². The molecular weight excluding hydrogens is 320 g/mol. The molecule has 0 radical (unpaired) electrons. The zero-order valence-electron chi connectivity index (χ0n) is 11.1. The minimum Gasteiger partial charge on any atom is -0.494 e. The van der Waals surface area contributed by atoms with E-state index in [1.54, 1.807) is 36.5 Å². The largest absolute Gasteiger partial charge is 0.494 e. The Morgan fingerprint density at radius 1 is 1.35 bits per heavy atom. The van der Waals surface area contributed by atoms with E-state index < -0.39 is 0 Å². The number of ether oxygens (including phenoxy) is 1. The maximum atomic E-state index is 12.1. The summed E-state index contributed by atoms with van der Waals surface area (Å²) in [5.41, 5.74) is 0.542. The molecule has 0 aliphatic carbocycles. The van der Waals surface area contributed by atoms with Gasteiger partial charge < -0.3 is 10.1 Å². The number of pyridine rings is 1. The Balaban J connectivity index is 2.09. The van der Waals surface area contributed by atoms with Crippen LogP contribution in [0.1, 0.15) is 23.7 Å². The van der Waals surface area contributed by atoms with Crippen molar-refractivity contribution in [1.82, 2.24) is 4.98 Å². The Morgan fingerprint density at radius 3 is 2.95 bits per heavy atom. The molecule has 104 valence electrons. The molecule has 1 heterocycles. The number of nitrogens with one attached hydrogen (secondary N) is 1. The van der Waals surface area contributed by atoms with E-state index in [1.165, 1.54) is 0 Å². The number of carbonyl (C=O) groups is 1. The molecule has 4 nitrogen and oxygen atoms in total. The van der Waals surface area contributed by atoms with E-state index in [4.69, 9.17) is 4.74 Å². The summed E-state index contributed by atoms with van der Waals surface area (Å²) in [6, 6.07) is 10.7. The molecule has 0 spiro atoms. The van der Waals surface area contributed by atoms with Crippen molar-refractivity contribution in [3.63, 3.8) is 0 Å². The second-order valence-electron chi connectivity index (χ2n) is 4.19. The number of nitrogens with zero attached hydrogens (tertiary/aromatic N) is 1. The van der Waals surface area contributed by atoms with Crippen LogP contribution in [0.5, 0.6) is 5.75 Å². The van der Waals surface area contributed by atoms with Crippen molar-refractivity contribution in [1.29, 1.82) is 0 Å². The van der Waals surface area contributed by atoms with Crippen LogP contribution in [0.2, 0.25) is 0 Å². The molecule has 0 aliphatic rings. The Hall–Kier alpha value is -1.88. The van der Waals surface area contributed by atoms with Crippen LogP contribution in [-0.2, 0) is 0 Å². The molecule has 5 heteroatoms. The lowest BCUT2D eigenvalue weighted by Gasteiger charge is -2.07. The van der Waals surface area contributed by atoms with Gasteiger partial charge in [-0.3, -0.25) is 4.79 Å². The summed E-state index contributed by atoms with van der Waals surface area (Å²) >= 11 is 3.34. The van der Waals surface area contributed by atoms with Gasteiger partial charge in [0.1, 0.15) is 11.6 Å². The highest BCUT2D eigenvalue weighted by Gasteiger charge is 2.08. The number of aromatic nitrogens is 1. The first-order valence-corrected chi connectivity index (χ1v) is 7.14. The monoisotopic (exact) mass is 334 g/mol. The van der Waals surface area contributed by atoms with Crippen LogP contribution in [0.15, 0.2) is 47.1 Å². The van der Waals surface area contributed by atoms with Gasteiger partial charge in [0.05, 0.1) is 6.61 Å². The van der Waals surface area contributed by atoms with Crippen LogP contribution in [-0.4, -0.2) is 17.5 Å². The van der Waals surface area contributed by atoms with Crippen molar-refractivity contribution in [2.75, 3.05) is 11.9 Å². The Bertz CT molecular complexity index is 602. The zero-order valence-corrected chi connectivity index (χ0v) is 12.7. The van der Waals surface area contributed by atoms with E-state index in [9.17, 15) is 4.79 Å². The predicted molar refractivity (Wildman–Crippen MR) is 82.1 cm³/mol. The van der Waals surface area contributed by atoms with Crippen molar-refractivity contribution in [3.05, 3.63) is 52.6 Å². The van der Waals surface area contributed by atoms with Gasteiger partial charge in [-0.25, -0.2) is 4.98 Å². The van der Waals surface area contributed by atoms with E-state index in [0.717, 1.165) is 10.9 Å². The fourth-order valence-electron chi connectivity index (χ4n) is 1.61. The third-order valence-corrected chi connectivity index (χ3v) is 3.03. The second kappa shape index (κ2) is 7.05. The van der Waals surface area contributed by atoms with E-state index in [1.807, 2.05) is 13.0 Å². The standard InChI is InChI=1S/C15H15BrN2O2/c1-2-8-20-13-5-3-4-11(9-13)15(19)18-14-10-12(16)6-7-17-14/h3-7,9-10H,2,8H2,1H3,(H,17,18,19). The first kappa shape index (κ1) is 14.5. The van der Waals surface area contributed by atoms with E-state index in [-0.39, 0.29) is 5.91 Å². The van der Waals surface area contributed by atoms with Gasteiger partial charge in [-0.2, -0.15) is 0 Å². The highest BCUT2D eigenvalue weighted by molar-refractivity contribution is 9.10. The number of amides is 1. The van der Waals surface area contributed by atoms with Crippen molar-refractivity contribution >= 4 is 27.7 Å². The quantitative estimate of drug-likeness (QED) is 0.902. The molecule has 0 atom stereocenters. The fraction of sp³-hybridized carbons (Fsp3) is 0.200. The number of hydrogen-bond acceptors (Lipinski definition) is 3. The van der Waals surface area contributed by atoms with Gasteiger partial charge in [-0.1, -0.05) is 28.9 Å². The van der Waals surface area contributed by atoms with E-state index in [2.05, 4.69) is 26.2 Å². The number of carbonyl (C=O) groups excluding carboxylic acids is 1. The highest BCUT2D eigenvalue weighted by Crippen LogP contribution is 2.16. The molecule has 2 rings (SSSR count). The molecule has 20 heavy (non-hydrogen) atoms. The summed E-state index contributed by atoms with van der Waals surface area (Å²) in [6.07, 6.45) is 2.55. The maximum absolute atomic E-state index is 12.1. The number of benzene rings is 1. The summed E-state index contributed by atoms with van der Waals surface area (Å²) in [5.74, 6) is 0.989. The third kappa shape index (κ3) is 4.06. The van der Waals surface area contributed by atoms with Crippen molar-refractivity contribution in [2.45, 2.75) is 13.3 Å². The summed E-state index contributed by atoms with van der Waals surface area (Å²) < 4.78 is 6.38. The minimum absolute atomic E-state index is 0.211. The topological polar surface area (TPSA) is 51.2 Å². The molecule has 0 bridgehead atoms. The molecule has 1 amide bonds. The molecule has 1 aromatic carbocycles. The van der Waals surface area contributed by atoms with Gasteiger partial charge in [-0.05, 0) is 36.8 Å². The van der Waals surface area contributed by atoms with Crippen molar-refractivity contribution in [3.8, 4) is 5.75 Å². The van der Waals surface area contributed by atoms with Gasteiger partial charge >= 0.3 is 0 Å². The number of rotatable bonds is 5. The Labute approximate surface area is 126 Å². The molecule has 2 aromatic rings. The predicted octanol–water partition coefficient (Wildman–Crippen LogP) is 3.89. The maximum Gasteiger partial charge on any atom is 0.256 e. The lowest BCUT2D eigenvalue weighted by atomic mass is 10.2. The molecule has 0 fully saturated rings. The molecule has 0 unspecified atom stereocenters. The van der Waals surface area contributed by atoms with Gasteiger partial charge in [0.2, 0.25) is 0 Å². The molecule has 0 aliphatic heterocycles. The van der Waals surface area contributed by atoms with Crippen molar-refractivity contribution < 1.29 is 9.53 Å². The van der Waals surface area contributed by atoms with Gasteiger partial charge in [0, 0.05) is 16.2 Å². The zero-order chi connectivity index (χ0) is 14.4. The lowest BCUT2D eigenvalue weighted by molar-refractivity contribution is 0.102.